The lowest BCUT2D eigenvalue weighted by Crippen LogP contribution is -2.10. The van der Waals surface area contributed by atoms with Crippen molar-refractivity contribution in [1.29, 1.82) is 0 Å². The van der Waals surface area contributed by atoms with Crippen LogP contribution in [0.5, 0.6) is 5.75 Å². The minimum atomic E-state index is 0.0945. The molecule has 0 unspecified atom stereocenters. The van der Waals surface area contributed by atoms with Crippen molar-refractivity contribution in [2.75, 3.05) is 0 Å². The Morgan fingerprint density at radius 1 is 0.769 bits per heavy atom. The second-order valence-corrected chi connectivity index (χ2v) is 7.16. The second kappa shape index (κ2) is 7.40. The van der Waals surface area contributed by atoms with Crippen LogP contribution in [0.15, 0.2) is 72.8 Å². The van der Waals surface area contributed by atoms with Crippen LogP contribution in [0.1, 0.15) is 26.3 Å². The molecule has 132 valence electrons. The number of nitrogens with one attached hydrogen (secondary N) is 1. The molecule has 0 radical (unpaired) electrons. The number of fused-ring (bicyclic) bond motifs is 1. The molecule has 2 N–H and O–H groups in total. The molecule has 0 saturated heterocycles. The fraction of sp³-hybridized carbons (Fsp3) is 0.182. The van der Waals surface area contributed by atoms with Gasteiger partial charge in [-0.15, -0.1) is 0 Å². The molecule has 0 aliphatic carbocycles. The summed E-state index contributed by atoms with van der Waals surface area (Å²) < 4.78 is 0. The van der Waals surface area contributed by atoms with Gasteiger partial charge in [0.15, 0.2) is 0 Å². The fourth-order valence-electron chi connectivity index (χ4n) is 2.64. The number of aromatic nitrogens is 3. The minimum absolute atomic E-state index is 0.0945. The highest BCUT2D eigenvalue weighted by Gasteiger charge is 2.15. The van der Waals surface area contributed by atoms with Crippen LogP contribution in [0.4, 0.5) is 0 Å². The summed E-state index contributed by atoms with van der Waals surface area (Å²) >= 11 is 0. The Bertz CT molecular complexity index is 955. The topological polar surface area (TPSA) is 61.8 Å². The van der Waals surface area contributed by atoms with Crippen molar-refractivity contribution in [3.05, 3.63) is 78.4 Å². The van der Waals surface area contributed by atoms with Gasteiger partial charge in [0.25, 0.3) is 0 Å². The largest absolute Gasteiger partial charge is 0.507 e. The zero-order valence-corrected chi connectivity index (χ0v) is 15.3. The van der Waals surface area contributed by atoms with E-state index in [4.69, 9.17) is 0 Å². The molecule has 4 aromatic rings. The lowest BCUT2D eigenvalue weighted by Gasteiger charge is -2.20. The van der Waals surface area contributed by atoms with Crippen LogP contribution in [-0.4, -0.2) is 20.5 Å². The van der Waals surface area contributed by atoms with Gasteiger partial charge in [-0.1, -0.05) is 69.3 Å². The van der Waals surface area contributed by atoms with Gasteiger partial charge in [-0.05, 0) is 40.8 Å². The number of hydrogen-bond donors (Lipinski definition) is 2. The van der Waals surface area contributed by atoms with Crippen molar-refractivity contribution in [1.82, 2.24) is 15.4 Å². The van der Waals surface area contributed by atoms with Gasteiger partial charge in [0.2, 0.25) is 0 Å². The molecule has 0 amide bonds. The molecule has 0 bridgehead atoms. The first-order chi connectivity index (χ1) is 12.4. The molecular weight excluding hydrogens is 322 g/mol. The molecule has 0 fully saturated rings. The van der Waals surface area contributed by atoms with Crippen LogP contribution in [-0.2, 0) is 5.41 Å². The molecule has 0 aliphatic rings. The minimum Gasteiger partial charge on any atom is -0.507 e. The van der Waals surface area contributed by atoms with Gasteiger partial charge in [0.05, 0.1) is 0 Å². The van der Waals surface area contributed by atoms with E-state index >= 15 is 0 Å². The van der Waals surface area contributed by atoms with Crippen molar-refractivity contribution in [3.8, 4) is 16.9 Å². The highest BCUT2D eigenvalue weighted by atomic mass is 16.3. The standard InChI is InChI=1S/C16H18O.C6H5N3/c1-16(2,3)13-9-10-15(17)14(11-13)12-7-5-4-6-8-12;1-2-4-6-5(3-1)7-9-8-6/h4-11,17H,1-3H3;1-4H,(H,7,8,9). The summed E-state index contributed by atoms with van der Waals surface area (Å²) in [5, 5.41) is 20.3. The summed E-state index contributed by atoms with van der Waals surface area (Å²) in [6.07, 6.45) is 0. The number of rotatable bonds is 1. The fourth-order valence-corrected chi connectivity index (χ4v) is 2.64. The number of hydrogen-bond acceptors (Lipinski definition) is 3. The third-order valence-corrected chi connectivity index (χ3v) is 4.17. The third kappa shape index (κ3) is 4.09. The van der Waals surface area contributed by atoms with Crippen LogP contribution >= 0.6 is 0 Å². The first-order valence-electron chi connectivity index (χ1n) is 8.59. The number of H-pyrrole nitrogens is 1. The van der Waals surface area contributed by atoms with Crippen LogP contribution < -0.4 is 0 Å². The predicted molar refractivity (Wildman–Crippen MR) is 106 cm³/mol. The Morgan fingerprint density at radius 2 is 1.35 bits per heavy atom. The second-order valence-electron chi connectivity index (χ2n) is 7.16. The van der Waals surface area contributed by atoms with E-state index in [0.717, 1.165) is 22.2 Å². The predicted octanol–water partition coefficient (Wildman–Crippen LogP) is 5.31. The van der Waals surface area contributed by atoms with E-state index < -0.39 is 0 Å². The average Bonchev–Trinajstić information content (AvgIpc) is 3.11. The van der Waals surface area contributed by atoms with Crippen LogP contribution in [0.25, 0.3) is 22.2 Å². The van der Waals surface area contributed by atoms with Crippen molar-refractivity contribution >= 4 is 11.0 Å². The quantitative estimate of drug-likeness (QED) is 0.491. The summed E-state index contributed by atoms with van der Waals surface area (Å²) in [4.78, 5) is 0. The van der Waals surface area contributed by atoms with E-state index in [9.17, 15) is 5.11 Å². The number of aromatic hydroxyl groups is 1. The van der Waals surface area contributed by atoms with Crippen molar-refractivity contribution in [3.63, 3.8) is 0 Å². The van der Waals surface area contributed by atoms with Gasteiger partial charge in [-0.2, -0.15) is 15.4 Å². The van der Waals surface area contributed by atoms with Crippen molar-refractivity contribution < 1.29 is 5.11 Å². The summed E-state index contributed by atoms with van der Waals surface area (Å²) in [6, 6.07) is 23.5. The summed E-state index contributed by atoms with van der Waals surface area (Å²) in [5.74, 6) is 0.337. The number of phenolic OH excluding ortho intramolecular Hbond substituents is 1. The lowest BCUT2D eigenvalue weighted by molar-refractivity contribution is 0.476. The Labute approximate surface area is 153 Å². The van der Waals surface area contributed by atoms with Crippen LogP contribution in [0.2, 0.25) is 0 Å². The Balaban J connectivity index is 0.000000181. The Morgan fingerprint density at radius 3 is 1.92 bits per heavy atom. The normalized spacial score (nSPS) is 11.0. The highest BCUT2D eigenvalue weighted by Crippen LogP contribution is 2.33. The molecule has 1 heterocycles. The van der Waals surface area contributed by atoms with E-state index in [1.807, 2.05) is 60.7 Å². The maximum absolute atomic E-state index is 9.95. The molecule has 4 rings (SSSR count). The molecule has 4 nitrogen and oxygen atoms in total. The Hall–Kier alpha value is -3.14. The molecule has 4 heteroatoms. The third-order valence-electron chi connectivity index (χ3n) is 4.17. The van der Waals surface area contributed by atoms with Gasteiger partial charge < -0.3 is 5.11 Å². The monoisotopic (exact) mass is 345 g/mol. The summed E-state index contributed by atoms with van der Waals surface area (Å²) in [7, 11) is 0. The molecule has 0 saturated carbocycles. The van der Waals surface area contributed by atoms with E-state index in [1.54, 1.807) is 6.07 Å². The molecule has 0 atom stereocenters. The molecule has 0 spiro atoms. The summed E-state index contributed by atoms with van der Waals surface area (Å²) in [6.45, 7) is 6.52. The van der Waals surface area contributed by atoms with Gasteiger partial charge in [-0.3, -0.25) is 0 Å². The lowest BCUT2D eigenvalue weighted by atomic mass is 9.85. The maximum atomic E-state index is 9.95. The number of benzene rings is 3. The van der Waals surface area contributed by atoms with E-state index in [2.05, 4.69) is 42.2 Å². The first-order valence-corrected chi connectivity index (χ1v) is 8.59. The molecule has 26 heavy (non-hydrogen) atoms. The molecule has 3 aromatic carbocycles. The zero-order chi connectivity index (χ0) is 18.6. The smallest absolute Gasteiger partial charge is 0.123 e. The van der Waals surface area contributed by atoms with Gasteiger partial charge in [-0.25, -0.2) is 0 Å². The highest BCUT2D eigenvalue weighted by molar-refractivity contribution is 5.72. The Kier molecular flexibility index (Phi) is 5.03. The van der Waals surface area contributed by atoms with Gasteiger partial charge in [0.1, 0.15) is 16.8 Å². The van der Waals surface area contributed by atoms with Crippen molar-refractivity contribution in [2.45, 2.75) is 26.2 Å². The van der Waals surface area contributed by atoms with Gasteiger partial charge >= 0.3 is 0 Å². The van der Waals surface area contributed by atoms with E-state index in [-0.39, 0.29) is 5.41 Å². The van der Waals surface area contributed by atoms with Gasteiger partial charge in [0, 0.05) is 5.56 Å². The average molecular weight is 345 g/mol. The number of aromatic amines is 1. The summed E-state index contributed by atoms with van der Waals surface area (Å²) in [5.41, 5.74) is 5.11. The maximum Gasteiger partial charge on any atom is 0.123 e. The number of nitrogens with zero attached hydrogens (tertiary/aromatic N) is 2. The SMILES string of the molecule is CC(C)(C)c1ccc(O)c(-c2ccccc2)c1.c1ccc2n[nH]nc2c1. The number of phenols is 1. The molecular formula is C22H23N3O. The van der Waals surface area contributed by atoms with E-state index in [0.29, 0.717) is 5.75 Å². The number of para-hydroxylation sites is 2. The zero-order valence-electron chi connectivity index (χ0n) is 15.3. The van der Waals surface area contributed by atoms with Crippen molar-refractivity contribution in [2.24, 2.45) is 0 Å². The molecule has 1 aromatic heterocycles. The van der Waals surface area contributed by atoms with Crippen LogP contribution in [0.3, 0.4) is 0 Å². The molecule has 0 aliphatic heterocycles. The first kappa shape index (κ1) is 17.7. The van der Waals surface area contributed by atoms with E-state index in [1.165, 1.54) is 5.56 Å². The van der Waals surface area contributed by atoms with Crippen LogP contribution in [0, 0.1) is 0 Å².